The molecule has 0 spiro atoms. The molecule has 0 unspecified atom stereocenters. The van der Waals surface area contributed by atoms with Gasteiger partial charge in [0, 0.05) is 6.04 Å². The van der Waals surface area contributed by atoms with Crippen LogP contribution >= 0.6 is 0 Å². The minimum absolute atomic E-state index is 0.0880. The normalized spacial score (nSPS) is 11.7. The van der Waals surface area contributed by atoms with Crippen LogP contribution in [0.2, 0.25) is 0 Å². The summed E-state index contributed by atoms with van der Waals surface area (Å²) in [5, 5.41) is 19.7. The largest absolute Gasteiger partial charge is 0.493 e. The molecular weight excluding hydrogens is 256 g/mol. The van der Waals surface area contributed by atoms with E-state index in [2.05, 4.69) is 0 Å². The van der Waals surface area contributed by atoms with Crippen molar-refractivity contribution in [3.05, 3.63) is 27.8 Å². The first kappa shape index (κ1) is 14.7. The summed E-state index contributed by atoms with van der Waals surface area (Å²) in [6.45, 7) is 0. The summed E-state index contributed by atoms with van der Waals surface area (Å²) in [6.07, 6.45) is -0.420. The van der Waals surface area contributed by atoms with E-state index in [1.807, 2.05) is 0 Å². The standard InChI is InChI=1S/C11H14N2O6/c1-18-9-3-6(7(12)4-11(14)15)8(13(16)17)5-10(9)19-2/h3,5,7H,4,12H2,1-2H3,(H,14,15)/t7-/m0/s1. The van der Waals surface area contributed by atoms with Gasteiger partial charge in [0.2, 0.25) is 0 Å². The minimum Gasteiger partial charge on any atom is -0.493 e. The molecule has 0 aliphatic carbocycles. The second kappa shape index (κ2) is 6.01. The average molecular weight is 270 g/mol. The molecule has 3 N–H and O–H groups in total. The lowest BCUT2D eigenvalue weighted by Crippen LogP contribution is -2.16. The minimum atomic E-state index is -1.14. The molecule has 1 aromatic carbocycles. The van der Waals surface area contributed by atoms with E-state index in [9.17, 15) is 14.9 Å². The summed E-state index contributed by atoms with van der Waals surface area (Å²) in [4.78, 5) is 21.0. The molecule has 0 aliphatic rings. The van der Waals surface area contributed by atoms with Crippen LogP contribution in [0.25, 0.3) is 0 Å². The van der Waals surface area contributed by atoms with E-state index >= 15 is 0 Å². The molecular formula is C11H14N2O6. The Morgan fingerprint density at radius 2 is 1.95 bits per heavy atom. The molecule has 0 aliphatic heterocycles. The number of nitrogens with zero attached hydrogens (tertiary/aromatic N) is 1. The number of nitro groups is 1. The Balaban J connectivity index is 3.34. The summed E-state index contributed by atoms with van der Waals surface area (Å²) < 4.78 is 9.97. The van der Waals surface area contributed by atoms with Crippen molar-refractivity contribution in [2.75, 3.05) is 14.2 Å². The maximum atomic E-state index is 11.0. The van der Waals surface area contributed by atoms with E-state index in [1.165, 1.54) is 20.3 Å². The molecule has 1 atom stereocenters. The number of carbonyl (C=O) groups is 1. The zero-order chi connectivity index (χ0) is 14.6. The predicted molar refractivity (Wildman–Crippen MR) is 65.4 cm³/mol. The van der Waals surface area contributed by atoms with Gasteiger partial charge < -0.3 is 20.3 Å². The maximum Gasteiger partial charge on any atom is 0.305 e. The van der Waals surface area contributed by atoms with Crippen molar-refractivity contribution in [3.63, 3.8) is 0 Å². The van der Waals surface area contributed by atoms with Crippen LogP contribution in [-0.2, 0) is 4.79 Å². The third kappa shape index (κ3) is 3.32. The fourth-order valence-corrected chi connectivity index (χ4v) is 1.64. The van der Waals surface area contributed by atoms with Crippen molar-refractivity contribution in [1.29, 1.82) is 0 Å². The van der Waals surface area contributed by atoms with E-state index in [1.54, 1.807) is 0 Å². The highest BCUT2D eigenvalue weighted by molar-refractivity contribution is 5.69. The van der Waals surface area contributed by atoms with E-state index in [-0.39, 0.29) is 22.7 Å². The van der Waals surface area contributed by atoms with Crippen LogP contribution in [0.3, 0.4) is 0 Å². The Morgan fingerprint density at radius 1 is 1.42 bits per heavy atom. The Bertz CT molecular complexity index is 502. The SMILES string of the molecule is COc1cc([C@@H](N)CC(=O)O)c([N+](=O)[O-])cc1OC. The second-order valence-corrected chi connectivity index (χ2v) is 3.73. The summed E-state index contributed by atoms with van der Waals surface area (Å²) in [7, 11) is 2.72. The fourth-order valence-electron chi connectivity index (χ4n) is 1.64. The van der Waals surface area contributed by atoms with Gasteiger partial charge in [-0.2, -0.15) is 0 Å². The number of benzene rings is 1. The zero-order valence-corrected chi connectivity index (χ0v) is 10.5. The van der Waals surface area contributed by atoms with E-state index in [0.717, 1.165) is 6.07 Å². The van der Waals surface area contributed by atoms with Gasteiger partial charge in [0.15, 0.2) is 11.5 Å². The van der Waals surface area contributed by atoms with Crippen molar-refractivity contribution in [1.82, 2.24) is 0 Å². The number of aliphatic carboxylic acids is 1. The predicted octanol–water partition coefficient (Wildman–Crippen LogP) is 1.09. The Kier molecular flexibility index (Phi) is 4.65. The molecule has 0 radical (unpaired) electrons. The molecule has 8 nitrogen and oxygen atoms in total. The number of ether oxygens (including phenoxy) is 2. The molecule has 0 amide bonds. The van der Waals surface area contributed by atoms with Crippen LogP contribution in [0.5, 0.6) is 11.5 Å². The van der Waals surface area contributed by atoms with Crippen molar-refractivity contribution in [3.8, 4) is 11.5 Å². The molecule has 0 heterocycles. The third-order valence-electron chi connectivity index (χ3n) is 2.52. The highest BCUT2D eigenvalue weighted by atomic mass is 16.6. The summed E-state index contributed by atoms with van der Waals surface area (Å²) in [5.74, 6) is -0.707. The quantitative estimate of drug-likeness (QED) is 0.585. The lowest BCUT2D eigenvalue weighted by atomic mass is 10.0. The van der Waals surface area contributed by atoms with Crippen LogP contribution in [0, 0.1) is 10.1 Å². The van der Waals surface area contributed by atoms with Crippen molar-refractivity contribution in [2.24, 2.45) is 5.73 Å². The molecule has 8 heteroatoms. The maximum absolute atomic E-state index is 11.0. The van der Waals surface area contributed by atoms with Crippen LogP contribution in [0.4, 0.5) is 5.69 Å². The number of carboxylic acids is 1. The lowest BCUT2D eigenvalue weighted by Gasteiger charge is -2.14. The molecule has 0 saturated heterocycles. The smallest absolute Gasteiger partial charge is 0.305 e. The van der Waals surface area contributed by atoms with Crippen LogP contribution < -0.4 is 15.2 Å². The van der Waals surface area contributed by atoms with Gasteiger partial charge in [0.05, 0.1) is 37.2 Å². The van der Waals surface area contributed by atoms with E-state index in [0.29, 0.717) is 0 Å². The number of carboxylic acid groups (broad SMARTS) is 1. The van der Waals surface area contributed by atoms with Crippen molar-refractivity contribution >= 4 is 11.7 Å². The Morgan fingerprint density at radius 3 is 2.37 bits per heavy atom. The third-order valence-corrected chi connectivity index (χ3v) is 2.52. The molecule has 1 aromatic rings. The number of hydrogen-bond donors (Lipinski definition) is 2. The van der Waals surface area contributed by atoms with Crippen LogP contribution in [0.1, 0.15) is 18.0 Å². The first-order chi connectivity index (χ1) is 8.90. The Hall–Kier alpha value is -2.35. The lowest BCUT2D eigenvalue weighted by molar-refractivity contribution is -0.385. The van der Waals surface area contributed by atoms with Crippen molar-refractivity contribution < 1.29 is 24.3 Å². The van der Waals surface area contributed by atoms with Gasteiger partial charge in [-0.05, 0) is 6.07 Å². The molecule has 0 saturated carbocycles. The van der Waals surface area contributed by atoms with Crippen LogP contribution in [-0.4, -0.2) is 30.2 Å². The van der Waals surface area contributed by atoms with Gasteiger partial charge in [-0.15, -0.1) is 0 Å². The second-order valence-electron chi connectivity index (χ2n) is 3.73. The summed E-state index contributed by atoms with van der Waals surface area (Å²) in [5.41, 5.74) is 5.46. The topological polar surface area (TPSA) is 125 Å². The number of hydrogen-bond acceptors (Lipinski definition) is 6. The average Bonchev–Trinajstić information content (AvgIpc) is 2.35. The number of methoxy groups -OCH3 is 2. The van der Waals surface area contributed by atoms with Crippen molar-refractivity contribution in [2.45, 2.75) is 12.5 Å². The number of rotatable bonds is 6. The number of nitro benzene ring substituents is 1. The van der Waals surface area contributed by atoms with Gasteiger partial charge in [-0.1, -0.05) is 0 Å². The molecule has 19 heavy (non-hydrogen) atoms. The summed E-state index contributed by atoms with van der Waals surface area (Å²) >= 11 is 0. The van der Waals surface area contributed by atoms with Gasteiger partial charge in [-0.3, -0.25) is 14.9 Å². The molecule has 1 rings (SSSR count). The molecule has 0 bridgehead atoms. The highest BCUT2D eigenvalue weighted by Crippen LogP contribution is 2.37. The Labute approximate surface area is 108 Å². The number of nitrogens with two attached hydrogens (primary N) is 1. The zero-order valence-electron chi connectivity index (χ0n) is 10.5. The first-order valence-corrected chi connectivity index (χ1v) is 5.28. The van der Waals surface area contributed by atoms with Gasteiger partial charge >= 0.3 is 5.97 Å². The fraction of sp³-hybridized carbons (Fsp3) is 0.364. The molecule has 0 fully saturated rings. The first-order valence-electron chi connectivity index (χ1n) is 5.28. The molecule has 0 aromatic heterocycles. The van der Waals surface area contributed by atoms with Crippen LogP contribution in [0.15, 0.2) is 12.1 Å². The molecule has 104 valence electrons. The highest BCUT2D eigenvalue weighted by Gasteiger charge is 2.25. The van der Waals surface area contributed by atoms with E-state index < -0.39 is 23.4 Å². The van der Waals surface area contributed by atoms with Gasteiger partial charge in [0.25, 0.3) is 5.69 Å². The van der Waals surface area contributed by atoms with Gasteiger partial charge in [0.1, 0.15) is 0 Å². The summed E-state index contributed by atoms with van der Waals surface area (Å²) in [6, 6.07) is 1.48. The van der Waals surface area contributed by atoms with Gasteiger partial charge in [-0.25, -0.2) is 0 Å². The van der Waals surface area contributed by atoms with E-state index in [4.69, 9.17) is 20.3 Å². The monoisotopic (exact) mass is 270 g/mol.